The number of methoxy groups -OCH3 is 1. The van der Waals surface area contributed by atoms with Gasteiger partial charge in [0.2, 0.25) is 0 Å². The van der Waals surface area contributed by atoms with Crippen LogP contribution in [0.1, 0.15) is 11.1 Å². The Bertz CT molecular complexity index is 1430. The van der Waals surface area contributed by atoms with Crippen LogP contribution in [0.3, 0.4) is 0 Å². The molecule has 0 spiro atoms. The van der Waals surface area contributed by atoms with Crippen molar-refractivity contribution in [1.82, 2.24) is 24.0 Å². The Morgan fingerprint density at radius 2 is 1.91 bits per heavy atom. The molecule has 0 saturated carbocycles. The summed E-state index contributed by atoms with van der Waals surface area (Å²) in [4.78, 5) is 10.8. The number of aryl methyl sites for hydroxylation is 1. The van der Waals surface area contributed by atoms with E-state index in [9.17, 15) is 10.1 Å². The summed E-state index contributed by atoms with van der Waals surface area (Å²) in [5, 5.41) is 20.3. The molecular formula is C23H20N6O3. The SMILES string of the molecule is COc1ccc(Cn2cc(-c3cc4n(-c5cc([N+](=O)[O-])ccc5C)ccn4n3)cn2)cc1. The molecule has 0 fully saturated rings. The van der Waals surface area contributed by atoms with Gasteiger partial charge in [-0.3, -0.25) is 19.4 Å². The highest BCUT2D eigenvalue weighted by Gasteiger charge is 2.15. The lowest BCUT2D eigenvalue weighted by Gasteiger charge is -2.07. The molecule has 0 aliphatic rings. The van der Waals surface area contributed by atoms with Crippen LogP contribution < -0.4 is 4.74 Å². The van der Waals surface area contributed by atoms with Crippen LogP contribution in [0.5, 0.6) is 5.75 Å². The van der Waals surface area contributed by atoms with Gasteiger partial charge in [-0.05, 0) is 30.2 Å². The molecule has 0 saturated heterocycles. The van der Waals surface area contributed by atoms with Crippen molar-refractivity contribution >= 4 is 11.3 Å². The van der Waals surface area contributed by atoms with Crippen LogP contribution in [0.2, 0.25) is 0 Å². The van der Waals surface area contributed by atoms with Crippen molar-refractivity contribution in [3.63, 3.8) is 0 Å². The summed E-state index contributed by atoms with van der Waals surface area (Å²) in [6, 6.07) is 14.7. The number of fused-ring (bicyclic) bond motifs is 1. The summed E-state index contributed by atoms with van der Waals surface area (Å²) in [5.41, 5.74) is 5.33. The largest absolute Gasteiger partial charge is 0.497 e. The molecule has 0 aliphatic carbocycles. The highest BCUT2D eigenvalue weighted by molar-refractivity contribution is 5.65. The van der Waals surface area contributed by atoms with Gasteiger partial charge in [0.1, 0.15) is 11.4 Å². The van der Waals surface area contributed by atoms with E-state index in [2.05, 4.69) is 10.2 Å². The first kappa shape index (κ1) is 19.6. The van der Waals surface area contributed by atoms with E-state index >= 15 is 0 Å². The smallest absolute Gasteiger partial charge is 0.271 e. The maximum atomic E-state index is 11.2. The minimum absolute atomic E-state index is 0.0528. The van der Waals surface area contributed by atoms with Crippen LogP contribution in [-0.2, 0) is 6.54 Å². The average molecular weight is 428 g/mol. The quantitative estimate of drug-likeness (QED) is 0.298. The number of rotatable bonds is 6. The number of aromatic nitrogens is 5. The molecule has 5 aromatic rings. The Balaban J connectivity index is 1.45. The summed E-state index contributed by atoms with van der Waals surface area (Å²) in [7, 11) is 1.65. The van der Waals surface area contributed by atoms with Crippen LogP contribution in [-0.4, -0.2) is 36.0 Å². The van der Waals surface area contributed by atoms with Crippen LogP contribution in [0, 0.1) is 17.0 Å². The molecule has 3 heterocycles. The molecule has 2 aromatic carbocycles. The first-order valence-corrected chi connectivity index (χ1v) is 10.00. The lowest BCUT2D eigenvalue weighted by Crippen LogP contribution is -1.99. The number of imidazole rings is 1. The minimum Gasteiger partial charge on any atom is -0.497 e. The van der Waals surface area contributed by atoms with E-state index in [1.54, 1.807) is 30.0 Å². The molecule has 5 rings (SSSR count). The molecule has 9 nitrogen and oxygen atoms in total. The van der Waals surface area contributed by atoms with Gasteiger partial charge in [0.15, 0.2) is 0 Å². The number of non-ortho nitro benzene ring substituents is 1. The number of nitrogens with zero attached hydrogens (tertiary/aromatic N) is 6. The second kappa shape index (κ2) is 7.69. The first-order valence-electron chi connectivity index (χ1n) is 10.00. The third-order valence-corrected chi connectivity index (χ3v) is 5.42. The lowest BCUT2D eigenvalue weighted by atomic mass is 10.2. The van der Waals surface area contributed by atoms with Gasteiger partial charge >= 0.3 is 0 Å². The van der Waals surface area contributed by atoms with E-state index in [0.29, 0.717) is 6.54 Å². The number of benzene rings is 2. The van der Waals surface area contributed by atoms with E-state index in [0.717, 1.165) is 39.5 Å². The Morgan fingerprint density at radius 1 is 1.09 bits per heavy atom. The topological polar surface area (TPSA) is 92.4 Å². The van der Waals surface area contributed by atoms with Gasteiger partial charge in [-0.1, -0.05) is 18.2 Å². The van der Waals surface area contributed by atoms with E-state index in [1.807, 2.05) is 65.1 Å². The number of nitro benzene ring substituents is 1. The van der Waals surface area contributed by atoms with Crippen molar-refractivity contribution in [3.05, 3.63) is 94.6 Å². The fraction of sp³-hybridized carbons (Fsp3) is 0.130. The van der Waals surface area contributed by atoms with E-state index in [1.165, 1.54) is 6.07 Å². The van der Waals surface area contributed by atoms with Crippen molar-refractivity contribution in [2.24, 2.45) is 0 Å². The van der Waals surface area contributed by atoms with Crippen LogP contribution in [0.25, 0.3) is 22.6 Å². The number of nitro groups is 1. The Morgan fingerprint density at radius 3 is 2.66 bits per heavy atom. The van der Waals surface area contributed by atoms with Crippen molar-refractivity contribution in [1.29, 1.82) is 0 Å². The zero-order valence-electron chi connectivity index (χ0n) is 17.5. The second-order valence-electron chi connectivity index (χ2n) is 7.50. The maximum absolute atomic E-state index is 11.2. The molecule has 0 atom stereocenters. The van der Waals surface area contributed by atoms with Gasteiger partial charge in [0.25, 0.3) is 5.69 Å². The molecular weight excluding hydrogens is 408 g/mol. The van der Waals surface area contributed by atoms with Gasteiger partial charge in [0, 0.05) is 42.4 Å². The molecule has 0 bridgehead atoms. The van der Waals surface area contributed by atoms with Crippen molar-refractivity contribution in [3.8, 4) is 22.7 Å². The molecule has 0 amide bonds. The third-order valence-electron chi connectivity index (χ3n) is 5.42. The van der Waals surface area contributed by atoms with Crippen LogP contribution >= 0.6 is 0 Å². The fourth-order valence-corrected chi connectivity index (χ4v) is 3.70. The summed E-state index contributed by atoms with van der Waals surface area (Å²) in [5.74, 6) is 0.819. The predicted molar refractivity (Wildman–Crippen MR) is 119 cm³/mol. The first-order chi connectivity index (χ1) is 15.5. The molecule has 0 radical (unpaired) electrons. The van der Waals surface area contributed by atoms with Gasteiger partial charge in [-0.2, -0.15) is 10.2 Å². The average Bonchev–Trinajstić information content (AvgIpc) is 3.50. The van der Waals surface area contributed by atoms with E-state index in [-0.39, 0.29) is 10.6 Å². The summed E-state index contributed by atoms with van der Waals surface area (Å²) in [6.07, 6.45) is 7.42. The molecule has 3 aromatic heterocycles. The normalized spacial score (nSPS) is 11.2. The molecule has 160 valence electrons. The highest BCUT2D eigenvalue weighted by atomic mass is 16.6. The second-order valence-corrected chi connectivity index (χ2v) is 7.50. The Labute approximate surface area is 183 Å². The number of hydrogen-bond donors (Lipinski definition) is 0. The van der Waals surface area contributed by atoms with Gasteiger partial charge in [0.05, 0.1) is 36.2 Å². The van der Waals surface area contributed by atoms with Crippen molar-refractivity contribution in [2.75, 3.05) is 7.11 Å². The molecule has 9 heteroatoms. The Hall–Kier alpha value is -4.40. The Kier molecular flexibility index (Phi) is 4.70. The molecule has 0 unspecified atom stereocenters. The molecule has 0 aliphatic heterocycles. The fourth-order valence-electron chi connectivity index (χ4n) is 3.70. The number of hydrogen-bond acceptors (Lipinski definition) is 5. The van der Waals surface area contributed by atoms with E-state index < -0.39 is 0 Å². The monoisotopic (exact) mass is 428 g/mol. The molecule has 0 N–H and O–H groups in total. The summed E-state index contributed by atoms with van der Waals surface area (Å²) in [6.45, 7) is 2.56. The predicted octanol–water partition coefficient (Wildman–Crippen LogP) is 4.26. The van der Waals surface area contributed by atoms with Gasteiger partial charge < -0.3 is 4.74 Å². The number of ether oxygens (including phenoxy) is 1. The maximum Gasteiger partial charge on any atom is 0.271 e. The van der Waals surface area contributed by atoms with Crippen LogP contribution in [0.15, 0.2) is 73.3 Å². The summed E-state index contributed by atoms with van der Waals surface area (Å²) < 4.78 is 10.7. The minimum atomic E-state index is -0.386. The zero-order valence-corrected chi connectivity index (χ0v) is 17.5. The van der Waals surface area contributed by atoms with Gasteiger partial charge in [-0.15, -0.1) is 0 Å². The molecule has 32 heavy (non-hydrogen) atoms. The third kappa shape index (κ3) is 3.49. The highest BCUT2D eigenvalue weighted by Crippen LogP contribution is 2.26. The lowest BCUT2D eigenvalue weighted by molar-refractivity contribution is -0.384. The van der Waals surface area contributed by atoms with Crippen LogP contribution in [0.4, 0.5) is 5.69 Å². The van der Waals surface area contributed by atoms with Crippen molar-refractivity contribution in [2.45, 2.75) is 13.5 Å². The summed E-state index contributed by atoms with van der Waals surface area (Å²) >= 11 is 0. The van der Waals surface area contributed by atoms with Crippen molar-refractivity contribution < 1.29 is 9.66 Å². The zero-order chi connectivity index (χ0) is 22.2. The standard InChI is InChI=1S/C23H20N6O3/c1-16-3-6-19(29(30)31)11-22(16)27-9-10-28-23(27)12-21(25-28)18-13-24-26(15-18)14-17-4-7-20(32-2)8-5-17/h3-13,15H,14H2,1-2H3. The van der Waals surface area contributed by atoms with E-state index in [4.69, 9.17) is 4.74 Å². The van der Waals surface area contributed by atoms with Gasteiger partial charge in [-0.25, -0.2) is 4.52 Å².